The van der Waals surface area contributed by atoms with Gasteiger partial charge in [-0.1, -0.05) is 34.1 Å². The molecule has 5 heteroatoms. The summed E-state index contributed by atoms with van der Waals surface area (Å²) in [6.07, 6.45) is 8.93. The lowest BCUT2D eigenvalue weighted by molar-refractivity contribution is -0.121. The number of rotatable bonds is 7. The molecule has 1 N–H and O–H groups in total. The van der Waals surface area contributed by atoms with Crippen molar-refractivity contribution in [3.8, 4) is 0 Å². The van der Waals surface area contributed by atoms with Gasteiger partial charge in [-0.05, 0) is 30.9 Å². The summed E-state index contributed by atoms with van der Waals surface area (Å²) < 4.78 is 0. The molecule has 0 radical (unpaired) electrons. The quantitative estimate of drug-likeness (QED) is 0.618. The summed E-state index contributed by atoms with van der Waals surface area (Å²) >= 11 is 0. The molecule has 104 valence electrons. The van der Waals surface area contributed by atoms with Crippen molar-refractivity contribution >= 4 is 27.5 Å². The molecule has 2 rings (SSSR count). The van der Waals surface area contributed by atoms with Gasteiger partial charge in [-0.15, -0.1) is 0 Å². The Balaban J connectivity index is 1.52. The number of carbonyl (C=O) groups excluding carboxylic acids is 1. The summed E-state index contributed by atoms with van der Waals surface area (Å²) in [6, 6.07) is 3.86. The summed E-state index contributed by atoms with van der Waals surface area (Å²) in [4.78, 5) is 15.7. The standard InChI is InChI=1S/C14H20N2OS2/c17-14(16-11-12-4-3-8-15-10-12)6-2-1-5-13-7-9-18-19-13/h3-4,8,10,13H,1-2,5-7,9,11H2,(H,16,17)/t13-/m0/s1. The molecule has 0 unspecified atom stereocenters. The number of hydrogen-bond donors (Lipinski definition) is 1. The van der Waals surface area contributed by atoms with E-state index in [1.54, 1.807) is 12.4 Å². The van der Waals surface area contributed by atoms with Crippen LogP contribution in [0.1, 0.15) is 37.7 Å². The van der Waals surface area contributed by atoms with Crippen LogP contribution in [0, 0.1) is 0 Å². The summed E-state index contributed by atoms with van der Waals surface area (Å²) in [7, 11) is 4.00. The fourth-order valence-corrected chi connectivity index (χ4v) is 5.04. The molecule has 1 aromatic heterocycles. The lowest BCUT2D eigenvalue weighted by Gasteiger charge is -2.07. The highest BCUT2D eigenvalue weighted by atomic mass is 33.1. The Morgan fingerprint density at radius 3 is 3.16 bits per heavy atom. The number of aromatic nitrogens is 1. The van der Waals surface area contributed by atoms with Crippen molar-refractivity contribution < 1.29 is 4.79 Å². The topological polar surface area (TPSA) is 42.0 Å². The van der Waals surface area contributed by atoms with Gasteiger partial charge in [0.1, 0.15) is 0 Å². The molecule has 1 fully saturated rings. The predicted octanol–water partition coefficient (Wildman–Crippen LogP) is 3.41. The molecule has 0 aliphatic carbocycles. The van der Waals surface area contributed by atoms with E-state index in [4.69, 9.17) is 0 Å². The molecule has 0 spiro atoms. The molecule has 1 amide bonds. The van der Waals surface area contributed by atoms with E-state index in [0.717, 1.165) is 17.2 Å². The van der Waals surface area contributed by atoms with Crippen LogP contribution in [0.25, 0.3) is 0 Å². The second kappa shape index (κ2) is 8.48. The van der Waals surface area contributed by atoms with Crippen LogP contribution in [-0.2, 0) is 11.3 Å². The first kappa shape index (κ1) is 14.7. The average molecular weight is 296 g/mol. The zero-order chi connectivity index (χ0) is 13.3. The molecule has 0 saturated carbocycles. The fourth-order valence-electron chi connectivity index (χ4n) is 2.01. The van der Waals surface area contributed by atoms with E-state index in [-0.39, 0.29) is 5.91 Å². The lowest BCUT2D eigenvalue weighted by atomic mass is 10.1. The van der Waals surface area contributed by atoms with Gasteiger partial charge in [-0.2, -0.15) is 0 Å². The average Bonchev–Trinajstić information content (AvgIpc) is 2.96. The van der Waals surface area contributed by atoms with Gasteiger partial charge >= 0.3 is 0 Å². The van der Waals surface area contributed by atoms with Crippen molar-refractivity contribution in [1.29, 1.82) is 0 Å². The first-order valence-electron chi connectivity index (χ1n) is 6.78. The minimum atomic E-state index is 0.150. The van der Waals surface area contributed by atoms with Crippen LogP contribution in [0.15, 0.2) is 24.5 Å². The number of unbranched alkanes of at least 4 members (excludes halogenated alkanes) is 1. The number of hydrogen-bond acceptors (Lipinski definition) is 4. The number of carbonyl (C=O) groups is 1. The van der Waals surface area contributed by atoms with Gasteiger partial charge in [0.2, 0.25) is 5.91 Å². The monoisotopic (exact) mass is 296 g/mol. The molecule has 0 bridgehead atoms. The van der Waals surface area contributed by atoms with Crippen LogP contribution < -0.4 is 5.32 Å². The van der Waals surface area contributed by atoms with Crippen LogP contribution in [0.2, 0.25) is 0 Å². The van der Waals surface area contributed by atoms with Crippen molar-refractivity contribution in [2.75, 3.05) is 5.75 Å². The minimum absolute atomic E-state index is 0.150. The zero-order valence-electron chi connectivity index (χ0n) is 11.0. The Bertz CT molecular complexity index is 380. The Kier molecular flexibility index (Phi) is 6.57. The highest BCUT2D eigenvalue weighted by Crippen LogP contribution is 2.39. The highest BCUT2D eigenvalue weighted by Gasteiger charge is 2.15. The maximum Gasteiger partial charge on any atom is 0.220 e. The molecule has 1 atom stereocenters. The molecule has 19 heavy (non-hydrogen) atoms. The Morgan fingerprint density at radius 2 is 2.42 bits per heavy atom. The summed E-state index contributed by atoms with van der Waals surface area (Å²) in [5.74, 6) is 1.44. The smallest absolute Gasteiger partial charge is 0.220 e. The second-order valence-corrected chi connectivity index (χ2v) is 7.50. The van der Waals surface area contributed by atoms with Crippen LogP contribution in [-0.4, -0.2) is 21.9 Å². The van der Waals surface area contributed by atoms with Crippen LogP contribution >= 0.6 is 21.6 Å². The van der Waals surface area contributed by atoms with E-state index in [0.29, 0.717) is 13.0 Å². The summed E-state index contributed by atoms with van der Waals surface area (Å²) in [6.45, 7) is 0.585. The Morgan fingerprint density at radius 1 is 1.47 bits per heavy atom. The third kappa shape index (κ3) is 5.87. The van der Waals surface area contributed by atoms with Crippen LogP contribution in [0.5, 0.6) is 0 Å². The number of pyridine rings is 1. The molecule has 0 aromatic carbocycles. The molecule has 1 aliphatic heterocycles. The third-order valence-corrected chi connectivity index (χ3v) is 6.13. The van der Waals surface area contributed by atoms with Crippen molar-refractivity contribution in [1.82, 2.24) is 10.3 Å². The SMILES string of the molecule is O=C(CCCC[C@H]1CCSS1)NCc1cccnc1. The van der Waals surface area contributed by atoms with Gasteiger partial charge in [0, 0.05) is 36.4 Å². The predicted molar refractivity (Wildman–Crippen MR) is 83.0 cm³/mol. The van der Waals surface area contributed by atoms with E-state index >= 15 is 0 Å². The summed E-state index contributed by atoms with van der Waals surface area (Å²) in [5.41, 5.74) is 1.05. The fraction of sp³-hybridized carbons (Fsp3) is 0.571. The zero-order valence-corrected chi connectivity index (χ0v) is 12.6. The van der Waals surface area contributed by atoms with E-state index in [2.05, 4.69) is 10.3 Å². The van der Waals surface area contributed by atoms with E-state index < -0.39 is 0 Å². The number of nitrogens with one attached hydrogen (secondary N) is 1. The van der Waals surface area contributed by atoms with Crippen molar-refractivity contribution in [2.45, 2.75) is 43.9 Å². The molecule has 1 saturated heterocycles. The molecule has 3 nitrogen and oxygen atoms in total. The van der Waals surface area contributed by atoms with Crippen LogP contribution in [0.4, 0.5) is 0 Å². The number of amides is 1. The van der Waals surface area contributed by atoms with Gasteiger partial charge in [-0.3, -0.25) is 9.78 Å². The Hall–Kier alpha value is -0.680. The maximum absolute atomic E-state index is 11.7. The minimum Gasteiger partial charge on any atom is -0.352 e. The van der Waals surface area contributed by atoms with E-state index in [1.807, 2.05) is 33.7 Å². The second-order valence-electron chi connectivity index (χ2n) is 4.71. The maximum atomic E-state index is 11.7. The Labute approximate surface area is 122 Å². The lowest BCUT2D eigenvalue weighted by Crippen LogP contribution is -2.22. The van der Waals surface area contributed by atoms with Gasteiger partial charge in [0.15, 0.2) is 0 Å². The molecular weight excluding hydrogens is 276 g/mol. The van der Waals surface area contributed by atoms with E-state index in [9.17, 15) is 4.79 Å². The summed E-state index contributed by atoms with van der Waals surface area (Å²) in [5, 5.41) is 3.76. The van der Waals surface area contributed by atoms with Gasteiger partial charge < -0.3 is 5.32 Å². The van der Waals surface area contributed by atoms with Crippen molar-refractivity contribution in [3.63, 3.8) is 0 Å². The molecular formula is C14H20N2OS2. The van der Waals surface area contributed by atoms with Crippen LogP contribution in [0.3, 0.4) is 0 Å². The van der Waals surface area contributed by atoms with Gasteiger partial charge in [-0.25, -0.2) is 0 Å². The molecule has 1 aliphatic rings. The number of nitrogens with zero attached hydrogens (tertiary/aromatic N) is 1. The third-order valence-electron chi connectivity index (χ3n) is 3.12. The molecule has 2 heterocycles. The van der Waals surface area contributed by atoms with Gasteiger partial charge in [0.05, 0.1) is 0 Å². The largest absolute Gasteiger partial charge is 0.352 e. The van der Waals surface area contributed by atoms with Gasteiger partial charge in [0.25, 0.3) is 0 Å². The normalized spacial score (nSPS) is 18.4. The highest BCUT2D eigenvalue weighted by molar-refractivity contribution is 8.77. The van der Waals surface area contributed by atoms with Crippen molar-refractivity contribution in [3.05, 3.63) is 30.1 Å². The molecule has 1 aromatic rings. The first-order valence-corrected chi connectivity index (χ1v) is 9.16. The van der Waals surface area contributed by atoms with Crippen molar-refractivity contribution in [2.24, 2.45) is 0 Å². The first-order chi connectivity index (χ1) is 9.34. The van der Waals surface area contributed by atoms with E-state index in [1.165, 1.54) is 25.0 Å².